The number of rotatable bonds is 2. The average molecular weight is 193 g/mol. The zero-order chi connectivity index (χ0) is 10.3. The molecule has 0 aromatic carbocycles. The Bertz CT molecular complexity index is 495. The Hall–Kier alpha value is -1.78. The number of carboxylic acids is 1. The van der Waals surface area contributed by atoms with Crippen molar-refractivity contribution in [2.24, 2.45) is 14.1 Å². The Kier molecular flexibility index (Phi) is 1.80. The van der Waals surface area contributed by atoms with Crippen LogP contribution in [0.4, 0.5) is 0 Å². The van der Waals surface area contributed by atoms with Crippen molar-refractivity contribution in [1.29, 1.82) is 0 Å². The van der Waals surface area contributed by atoms with E-state index in [9.17, 15) is 4.79 Å². The molecule has 0 unspecified atom stereocenters. The number of carboxylic acid groups (broad SMARTS) is 1. The number of hydrogen-bond donors (Lipinski definition) is 1. The van der Waals surface area contributed by atoms with E-state index in [-0.39, 0.29) is 6.42 Å². The average Bonchev–Trinajstić information content (AvgIpc) is 2.57. The van der Waals surface area contributed by atoms with Crippen molar-refractivity contribution in [3.05, 3.63) is 18.0 Å². The van der Waals surface area contributed by atoms with Crippen LogP contribution in [0.2, 0.25) is 0 Å². The smallest absolute Gasteiger partial charge is 0.309 e. The lowest BCUT2D eigenvalue weighted by molar-refractivity contribution is -0.136. The quantitative estimate of drug-likeness (QED) is 0.757. The molecular weight excluding hydrogens is 182 g/mol. The SMILES string of the molecule is Cn1ncc2cc(CC(=O)O)n(C)c21. The van der Waals surface area contributed by atoms with Crippen LogP contribution in [0.1, 0.15) is 5.69 Å². The summed E-state index contributed by atoms with van der Waals surface area (Å²) in [7, 11) is 3.69. The molecule has 5 nitrogen and oxygen atoms in total. The molecule has 74 valence electrons. The molecule has 2 aromatic rings. The number of fused-ring (bicyclic) bond motifs is 1. The van der Waals surface area contributed by atoms with Crippen molar-refractivity contribution in [3.63, 3.8) is 0 Å². The fourth-order valence-corrected chi connectivity index (χ4v) is 1.70. The van der Waals surface area contributed by atoms with E-state index in [1.54, 1.807) is 10.9 Å². The van der Waals surface area contributed by atoms with E-state index in [2.05, 4.69) is 5.10 Å². The van der Waals surface area contributed by atoms with Crippen LogP contribution >= 0.6 is 0 Å². The fourth-order valence-electron chi connectivity index (χ4n) is 1.70. The van der Waals surface area contributed by atoms with Crippen LogP contribution in [-0.2, 0) is 25.3 Å². The van der Waals surface area contributed by atoms with E-state index < -0.39 is 5.97 Å². The molecule has 1 N–H and O–H groups in total. The largest absolute Gasteiger partial charge is 0.481 e. The molecule has 0 saturated heterocycles. The second-order valence-electron chi connectivity index (χ2n) is 3.31. The van der Waals surface area contributed by atoms with Crippen molar-refractivity contribution in [3.8, 4) is 0 Å². The second kappa shape index (κ2) is 2.87. The van der Waals surface area contributed by atoms with Gasteiger partial charge >= 0.3 is 5.97 Å². The molecule has 0 spiro atoms. The van der Waals surface area contributed by atoms with E-state index in [1.165, 1.54) is 0 Å². The molecule has 2 rings (SSSR count). The Morgan fingerprint density at radius 1 is 1.57 bits per heavy atom. The molecule has 2 aromatic heterocycles. The van der Waals surface area contributed by atoms with Crippen molar-refractivity contribution >= 4 is 17.0 Å². The Morgan fingerprint density at radius 3 is 2.86 bits per heavy atom. The summed E-state index contributed by atoms with van der Waals surface area (Å²) in [6.45, 7) is 0. The highest BCUT2D eigenvalue weighted by Gasteiger charge is 2.11. The maximum atomic E-state index is 10.6. The third-order valence-corrected chi connectivity index (χ3v) is 2.34. The van der Waals surface area contributed by atoms with Gasteiger partial charge in [0.1, 0.15) is 5.65 Å². The predicted molar refractivity (Wildman–Crippen MR) is 51.0 cm³/mol. The van der Waals surface area contributed by atoms with Gasteiger partial charge in [-0.1, -0.05) is 0 Å². The molecule has 0 aliphatic carbocycles. The van der Waals surface area contributed by atoms with Crippen LogP contribution in [-0.4, -0.2) is 25.4 Å². The summed E-state index contributed by atoms with van der Waals surface area (Å²) in [5.74, 6) is -0.816. The first kappa shape index (κ1) is 8.80. The minimum Gasteiger partial charge on any atom is -0.481 e. The van der Waals surface area contributed by atoms with E-state index in [1.807, 2.05) is 24.7 Å². The highest BCUT2D eigenvalue weighted by Crippen LogP contribution is 2.17. The Morgan fingerprint density at radius 2 is 2.29 bits per heavy atom. The molecule has 0 bridgehead atoms. The first-order valence-corrected chi connectivity index (χ1v) is 4.27. The highest BCUT2D eigenvalue weighted by molar-refractivity contribution is 5.80. The van der Waals surface area contributed by atoms with Crippen LogP contribution in [0.5, 0.6) is 0 Å². The van der Waals surface area contributed by atoms with Gasteiger partial charge in [0.15, 0.2) is 0 Å². The topological polar surface area (TPSA) is 60.1 Å². The van der Waals surface area contributed by atoms with Gasteiger partial charge in [-0.25, -0.2) is 0 Å². The monoisotopic (exact) mass is 193 g/mol. The lowest BCUT2D eigenvalue weighted by Crippen LogP contribution is -2.06. The zero-order valence-electron chi connectivity index (χ0n) is 8.06. The summed E-state index contributed by atoms with van der Waals surface area (Å²) in [4.78, 5) is 10.6. The summed E-state index contributed by atoms with van der Waals surface area (Å²) in [5.41, 5.74) is 1.74. The van der Waals surface area contributed by atoms with Gasteiger partial charge in [0, 0.05) is 25.2 Å². The minimum absolute atomic E-state index is 0.0468. The molecule has 0 fully saturated rings. The Labute approximate surface area is 80.6 Å². The molecular formula is C9H11N3O2. The van der Waals surface area contributed by atoms with E-state index >= 15 is 0 Å². The molecule has 5 heteroatoms. The molecule has 2 heterocycles. The predicted octanol–water partition coefficient (Wildman–Crippen LogP) is 0.539. The number of aromatic nitrogens is 3. The van der Waals surface area contributed by atoms with Crippen molar-refractivity contribution in [1.82, 2.24) is 14.3 Å². The number of aryl methyl sites for hydroxylation is 2. The lowest BCUT2D eigenvalue weighted by atomic mass is 10.3. The molecule has 14 heavy (non-hydrogen) atoms. The van der Waals surface area contributed by atoms with Crippen LogP contribution in [0.25, 0.3) is 11.0 Å². The van der Waals surface area contributed by atoms with Crippen LogP contribution in [0.3, 0.4) is 0 Å². The first-order chi connectivity index (χ1) is 6.59. The van der Waals surface area contributed by atoms with Gasteiger partial charge in [-0.15, -0.1) is 0 Å². The Balaban J connectivity index is 2.57. The van der Waals surface area contributed by atoms with Gasteiger partial charge in [-0.05, 0) is 6.07 Å². The summed E-state index contributed by atoms with van der Waals surface area (Å²) in [5, 5.41) is 13.8. The van der Waals surface area contributed by atoms with Crippen LogP contribution in [0.15, 0.2) is 12.3 Å². The zero-order valence-corrected chi connectivity index (χ0v) is 8.06. The molecule has 0 aliphatic rings. The molecule has 0 amide bonds. The third kappa shape index (κ3) is 1.17. The van der Waals surface area contributed by atoms with Crippen molar-refractivity contribution in [2.45, 2.75) is 6.42 Å². The third-order valence-electron chi connectivity index (χ3n) is 2.34. The maximum Gasteiger partial charge on any atom is 0.309 e. The molecule has 0 saturated carbocycles. The molecule has 0 aliphatic heterocycles. The van der Waals surface area contributed by atoms with E-state index in [0.717, 1.165) is 16.7 Å². The van der Waals surface area contributed by atoms with E-state index in [0.29, 0.717) is 0 Å². The van der Waals surface area contributed by atoms with Gasteiger partial charge in [0.25, 0.3) is 0 Å². The number of nitrogens with zero attached hydrogens (tertiary/aromatic N) is 3. The highest BCUT2D eigenvalue weighted by atomic mass is 16.4. The van der Waals surface area contributed by atoms with Crippen molar-refractivity contribution < 1.29 is 9.90 Å². The summed E-state index contributed by atoms with van der Waals surface area (Å²) in [6, 6.07) is 1.86. The normalized spacial score (nSPS) is 11.0. The van der Waals surface area contributed by atoms with Gasteiger partial charge in [0.2, 0.25) is 0 Å². The first-order valence-electron chi connectivity index (χ1n) is 4.27. The number of hydrogen-bond acceptors (Lipinski definition) is 2. The number of carbonyl (C=O) groups is 1. The van der Waals surface area contributed by atoms with Gasteiger partial charge < -0.3 is 9.67 Å². The standard InChI is InChI=1S/C9H11N3O2/c1-11-7(4-8(13)14)3-6-5-10-12(2)9(6)11/h3,5H,4H2,1-2H3,(H,13,14). The number of aliphatic carboxylic acids is 1. The minimum atomic E-state index is -0.816. The van der Waals surface area contributed by atoms with E-state index in [4.69, 9.17) is 5.11 Å². The lowest BCUT2D eigenvalue weighted by Gasteiger charge is -2.01. The van der Waals surface area contributed by atoms with Gasteiger partial charge in [-0.2, -0.15) is 5.10 Å². The second-order valence-corrected chi connectivity index (χ2v) is 3.31. The summed E-state index contributed by atoms with van der Waals surface area (Å²) >= 11 is 0. The summed E-state index contributed by atoms with van der Waals surface area (Å²) in [6.07, 6.45) is 1.78. The maximum absolute atomic E-state index is 10.6. The molecule has 0 radical (unpaired) electrons. The van der Waals surface area contributed by atoms with Crippen molar-refractivity contribution in [2.75, 3.05) is 0 Å². The summed E-state index contributed by atoms with van der Waals surface area (Å²) < 4.78 is 3.59. The van der Waals surface area contributed by atoms with Gasteiger partial charge in [0.05, 0.1) is 12.6 Å². The van der Waals surface area contributed by atoms with Gasteiger partial charge in [-0.3, -0.25) is 9.48 Å². The van der Waals surface area contributed by atoms with Crippen LogP contribution in [0, 0.1) is 0 Å². The van der Waals surface area contributed by atoms with Crippen LogP contribution < -0.4 is 0 Å². The molecule has 0 atom stereocenters. The fraction of sp³-hybridized carbons (Fsp3) is 0.333.